The van der Waals surface area contributed by atoms with E-state index in [1.54, 1.807) is 12.1 Å². The van der Waals surface area contributed by atoms with Gasteiger partial charge in [0.05, 0.1) is 5.56 Å². The third-order valence-corrected chi connectivity index (χ3v) is 4.44. The molecule has 3 rings (SSSR count). The number of pyridine rings is 1. The van der Waals surface area contributed by atoms with Crippen LogP contribution in [0.3, 0.4) is 0 Å². The first kappa shape index (κ1) is 16.6. The van der Waals surface area contributed by atoms with Crippen LogP contribution in [0.2, 0.25) is 0 Å². The van der Waals surface area contributed by atoms with Gasteiger partial charge in [-0.2, -0.15) is 0 Å². The topological polar surface area (TPSA) is 54.0 Å². The molecule has 0 aliphatic heterocycles. The second-order valence-corrected chi connectivity index (χ2v) is 6.07. The van der Waals surface area contributed by atoms with Crippen LogP contribution in [-0.2, 0) is 12.8 Å². The van der Waals surface area contributed by atoms with Gasteiger partial charge in [-0.1, -0.05) is 18.2 Å². The van der Waals surface area contributed by atoms with Crippen molar-refractivity contribution in [1.82, 2.24) is 15.6 Å². The fourth-order valence-electron chi connectivity index (χ4n) is 3.11. The van der Waals surface area contributed by atoms with Gasteiger partial charge in [0.15, 0.2) is 0 Å². The number of fused-ring (bicyclic) bond motifs is 1. The first-order valence-electron chi connectivity index (χ1n) is 8.43. The predicted octanol–water partition coefficient (Wildman–Crippen LogP) is 2.49. The van der Waals surface area contributed by atoms with E-state index in [2.05, 4.69) is 21.7 Å². The van der Waals surface area contributed by atoms with Crippen LogP contribution in [0.5, 0.6) is 0 Å². The summed E-state index contributed by atoms with van der Waals surface area (Å²) in [5, 5.41) is 6.24. The average Bonchev–Trinajstić information content (AvgIpc) is 2.81. The smallest absolute Gasteiger partial charge is 0.254 e. The number of hydrogen-bond acceptors (Lipinski definition) is 3. The van der Waals surface area contributed by atoms with Crippen LogP contribution in [-0.4, -0.2) is 30.0 Å². The lowest BCUT2D eigenvalue weighted by Crippen LogP contribution is -2.37. The summed E-state index contributed by atoms with van der Waals surface area (Å²) in [6.07, 6.45) is 5.98. The summed E-state index contributed by atoms with van der Waals surface area (Å²) < 4.78 is 13.5. The fourth-order valence-corrected chi connectivity index (χ4v) is 3.11. The Labute approximate surface area is 141 Å². The number of carbonyl (C=O) groups excluding carboxylic acids is 1. The number of benzene rings is 1. The molecule has 4 nitrogen and oxygen atoms in total. The first-order valence-corrected chi connectivity index (χ1v) is 8.43. The predicted molar refractivity (Wildman–Crippen MR) is 91.4 cm³/mol. The van der Waals surface area contributed by atoms with Crippen molar-refractivity contribution >= 4 is 5.91 Å². The van der Waals surface area contributed by atoms with E-state index in [-0.39, 0.29) is 11.5 Å². The Hall–Kier alpha value is -2.27. The van der Waals surface area contributed by atoms with Crippen molar-refractivity contribution in [3.8, 4) is 0 Å². The SMILES string of the molecule is O=C(NCCNC1CCc2cccnc2CC1)c1ccccc1F. The zero-order chi connectivity index (χ0) is 16.8. The summed E-state index contributed by atoms with van der Waals surface area (Å²) in [4.78, 5) is 16.4. The molecule has 1 heterocycles. The highest BCUT2D eigenvalue weighted by atomic mass is 19.1. The lowest BCUT2D eigenvalue weighted by atomic mass is 10.1. The molecule has 0 bridgehead atoms. The van der Waals surface area contributed by atoms with Crippen molar-refractivity contribution in [3.63, 3.8) is 0 Å². The minimum atomic E-state index is -0.489. The minimum Gasteiger partial charge on any atom is -0.351 e. The lowest BCUT2D eigenvalue weighted by Gasteiger charge is -2.16. The van der Waals surface area contributed by atoms with Crippen molar-refractivity contribution in [1.29, 1.82) is 0 Å². The molecule has 0 saturated carbocycles. The number of aryl methyl sites for hydroxylation is 2. The van der Waals surface area contributed by atoms with Crippen LogP contribution in [0.25, 0.3) is 0 Å². The van der Waals surface area contributed by atoms with E-state index in [4.69, 9.17) is 0 Å². The van der Waals surface area contributed by atoms with E-state index in [0.29, 0.717) is 19.1 Å². The Morgan fingerprint density at radius 2 is 1.96 bits per heavy atom. The van der Waals surface area contributed by atoms with Crippen LogP contribution in [0.15, 0.2) is 42.6 Å². The van der Waals surface area contributed by atoms with Crippen LogP contribution >= 0.6 is 0 Å². The molecule has 126 valence electrons. The van der Waals surface area contributed by atoms with Gasteiger partial charge in [-0.3, -0.25) is 9.78 Å². The van der Waals surface area contributed by atoms with E-state index in [1.807, 2.05) is 12.3 Å². The molecule has 1 aliphatic rings. The summed E-state index contributed by atoms with van der Waals surface area (Å²) in [6, 6.07) is 10.6. The highest BCUT2D eigenvalue weighted by molar-refractivity contribution is 5.94. The minimum absolute atomic E-state index is 0.0912. The third kappa shape index (κ3) is 4.17. The standard InChI is InChI=1S/C19H22FN3O/c20-17-6-2-1-5-16(17)19(24)23-13-12-21-15-8-7-14-4-3-11-22-18(14)10-9-15/h1-6,11,15,21H,7-10,12-13H2,(H,23,24). The van der Waals surface area contributed by atoms with Crippen LogP contribution in [0.4, 0.5) is 4.39 Å². The van der Waals surface area contributed by atoms with Crippen molar-refractivity contribution in [2.75, 3.05) is 13.1 Å². The van der Waals surface area contributed by atoms with E-state index in [0.717, 1.165) is 25.7 Å². The molecule has 0 radical (unpaired) electrons. The number of hydrogen-bond donors (Lipinski definition) is 2. The normalized spacial score (nSPS) is 17.0. The molecule has 1 amide bonds. The molecule has 1 aromatic heterocycles. The fraction of sp³-hybridized carbons (Fsp3) is 0.368. The molecular weight excluding hydrogens is 305 g/mol. The van der Waals surface area contributed by atoms with Gasteiger partial charge in [0.25, 0.3) is 5.91 Å². The third-order valence-electron chi connectivity index (χ3n) is 4.44. The molecule has 1 aliphatic carbocycles. The highest BCUT2D eigenvalue weighted by Crippen LogP contribution is 2.18. The second-order valence-electron chi connectivity index (χ2n) is 6.07. The van der Waals surface area contributed by atoms with Gasteiger partial charge >= 0.3 is 0 Å². The largest absolute Gasteiger partial charge is 0.351 e. The first-order chi connectivity index (χ1) is 11.7. The summed E-state index contributed by atoms with van der Waals surface area (Å²) in [7, 11) is 0. The maximum atomic E-state index is 13.5. The number of rotatable bonds is 5. The summed E-state index contributed by atoms with van der Waals surface area (Å²) in [5.74, 6) is -0.857. The number of carbonyl (C=O) groups is 1. The Morgan fingerprint density at radius 1 is 1.12 bits per heavy atom. The Bertz CT molecular complexity index is 678. The molecule has 0 saturated heterocycles. The van der Waals surface area contributed by atoms with Crippen LogP contribution < -0.4 is 10.6 Å². The molecule has 5 heteroatoms. The van der Waals surface area contributed by atoms with E-state index < -0.39 is 5.82 Å². The van der Waals surface area contributed by atoms with Crippen molar-refractivity contribution in [3.05, 3.63) is 65.2 Å². The maximum absolute atomic E-state index is 13.5. The Morgan fingerprint density at radius 3 is 2.83 bits per heavy atom. The lowest BCUT2D eigenvalue weighted by molar-refractivity contribution is 0.0949. The summed E-state index contributed by atoms with van der Waals surface area (Å²) in [5.41, 5.74) is 2.64. The molecule has 0 fully saturated rings. The molecular formula is C19H22FN3O. The number of nitrogens with zero attached hydrogens (tertiary/aromatic N) is 1. The van der Waals surface area contributed by atoms with Gasteiger partial charge in [0.2, 0.25) is 0 Å². The number of nitrogens with one attached hydrogen (secondary N) is 2. The van der Waals surface area contributed by atoms with Crippen molar-refractivity contribution in [2.24, 2.45) is 0 Å². The Balaban J connectivity index is 1.41. The monoisotopic (exact) mass is 327 g/mol. The van der Waals surface area contributed by atoms with Gasteiger partial charge in [-0.25, -0.2) is 4.39 Å². The molecule has 1 aromatic carbocycles. The van der Waals surface area contributed by atoms with Gasteiger partial charge in [-0.15, -0.1) is 0 Å². The second kappa shape index (κ2) is 8.02. The van der Waals surface area contributed by atoms with Gasteiger partial charge in [-0.05, 0) is 49.4 Å². The van der Waals surface area contributed by atoms with E-state index in [9.17, 15) is 9.18 Å². The van der Waals surface area contributed by atoms with Crippen molar-refractivity contribution < 1.29 is 9.18 Å². The number of aromatic nitrogens is 1. The zero-order valence-corrected chi connectivity index (χ0v) is 13.6. The number of halogens is 1. The quantitative estimate of drug-likeness (QED) is 0.655. The van der Waals surface area contributed by atoms with Crippen LogP contribution in [0.1, 0.15) is 34.5 Å². The maximum Gasteiger partial charge on any atom is 0.254 e. The van der Waals surface area contributed by atoms with E-state index >= 15 is 0 Å². The van der Waals surface area contributed by atoms with Gasteiger partial charge < -0.3 is 10.6 Å². The van der Waals surface area contributed by atoms with Crippen molar-refractivity contribution in [2.45, 2.75) is 31.7 Å². The summed E-state index contributed by atoms with van der Waals surface area (Å²) in [6.45, 7) is 1.16. The average molecular weight is 327 g/mol. The van der Waals surface area contributed by atoms with Crippen LogP contribution in [0, 0.1) is 5.82 Å². The zero-order valence-electron chi connectivity index (χ0n) is 13.6. The molecule has 1 unspecified atom stereocenters. The molecule has 24 heavy (non-hydrogen) atoms. The number of amides is 1. The Kier molecular flexibility index (Phi) is 5.54. The van der Waals surface area contributed by atoms with Gasteiger partial charge in [0.1, 0.15) is 5.82 Å². The molecule has 2 aromatic rings. The van der Waals surface area contributed by atoms with E-state index in [1.165, 1.54) is 23.4 Å². The van der Waals surface area contributed by atoms with Gasteiger partial charge in [0, 0.05) is 31.0 Å². The summed E-state index contributed by atoms with van der Waals surface area (Å²) >= 11 is 0. The molecule has 1 atom stereocenters. The molecule has 2 N–H and O–H groups in total. The molecule has 0 spiro atoms. The highest BCUT2D eigenvalue weighted by Gasteiger charge is 2.16.